The Labute approximate surface area is 166 Å². The highest BCUT2D eigenvalue weighted by atomic mass is 32.2. The Morgan fingerprint density at radius 2 is 2.14 bits per heavy atom. The van der Waals surface area contributed by atoms with E-state index in [1.54, 1.807) is 31.4 Å². The molecule has 0 saturated heterocycles. The summed E-state index contributed by atoms with van der Waals surface area (Å²) in [5, 5.41) is 7.59. The number of hydrogen-bond acceptors (Lipinski definition) is 7. The summed E-state index contributed by atoms with van der Waals surface area (Å²) >= 11 is 1.19. The summed E-state index contributed by atoms with van der Waals surface area (Å²) in [6.07, 6.45) is 0. The highest BCUT2D eigenvalue weighted by Gasteiger charge is 2.15. The SMILES string of the molecule is COCCn1c(SCC(=O)Nc2cc(C(C)C)no2)nc2ccccc2c1=O. The summed E-state index contributed by atoms with van der Waals surface area (Å²) in [4.78, 5) is 29.6. The molecule has 0 saturated carbocycles. The maximum atomic E-state index is 12.8. The molecular weight excluding hydrogens is 380 g/mol. The van der Waals surface area contributed by atoms with Crippen LogP contribution in [0.2, 0.25) is 0 Å². The van der Waals surface area contributed by atoms with Crippen molar-refractivity contribution >= 4 is 34.5 Å². The first-order valence-corrected chi connectivity index (χ1v) is 9.86. The Morgan fingerprint density at radius 1 is 1.36 bits per heavy atom. The third-order valence-corrected chi connectivity index (χ3v) is 5.04. The number of para-hydroxylation sites is 1. The third kappa shape index (κ3) is 4.60. The fraction of sp³-hybridized carbons (Fsp3) is 0.368. The highest BCUT2D eigenvalue weighted by Crippen LogP contribution is 2.20. The third-order valence-electron chi connectivity index (χ3n) is 4.06. The minimum atomic E-state index is -0.267. The Kier molecular flexibility index (Phi) is 6.48. The molecule has 2 heterocycles. The van der Waals surface area contributed by atoms with Crippen molar-refractivity contribution in [3.63, 3.8) is 0 Å². The second-order valence-corrected chi connectivity index (χ2v) is 7.41. The molecule has 0 unspecified atom stereocenters. The Balaban J connectivity index is 1.76. The number of aromatic nitrogens is 3. The van der Waals surface area contributed by atoms with Crippen molar-refractivity contribution in [3.8, 4) is 0 Å². The first kappa shape index (κ1) is 20.1. The summed E-state index contributed by atoms with van der Waals surface area (Å²) in [7, 11) is 1.57. The van der Waals surface area contributed by atoms with Crippen molar-refractivity contribution < 1.29 is 14.1 Å². The number of carbonyl (C=O) groups excluding carboxylic acids is 1. The average Bonchev–Trinajstić information content (AvgIpc) is 3.14. The minimum absolute atomic E-state index is 0.0788. The molecule has 0 spiro atoms. The van der Waals surface area contributed by atoms with Gasteiger partial charge in [0.2, 0.25) is 11.8 Å². The maximum Gasteiger partial charge on any atom is 0.262 e. The summed E-state index contributed by atoms with van der Waals surface area (Å²) < 4.78 is 11.8. The Bertz CT molecular complexity index is 1030. The molecule has 2 aromatic heterocycles. The normalized spacial score (nSPS) is 11.3. The van der Waals surface area contributed by atoms with E-state index in [2.05, 4.69) is 15.5 Å². The lowest BCUT2D eigenvalue weighted by Crippen LogP contribution is -2.26. The fourth-order valence-electron chi connectivity index (χ4n) is 2.56. The van der Waals surface area contributed by atoms with Crippen LogP contribution in [0, 0.1) is 0 Å². The number of ether oxygens (including phenoxy) is 1. The van der Waals surface area contributed by atoms with Gasteiger partial charge in [0.05, 0.1) is 35.5 Å². The van der Waals surface area contributed by atoms with Crippen molar-refractivity contribution in [3.05, 3.63) is 46.4 Å². The number of methoxy groups -OCH3 is 1. The summed E-state index contributed by atoms with van der Waals surface area (Å²) in [5.41, 5.74) is 1.22. The molecule has 8 nitrogen and oxygen atoms in total. The van der Waals surface area contributed by atoms with E-state index in [4.69, 9.17) is 9.26 Å². The second kappa shape index (κ2) is 9.03. The van der Waals surface area contributed by atoms with E-state index in [0.717, 1.165) is 5.69 Å². The molecule has 0 atom stereocenters. The maximum absolute atomic E-state index is 12.8. The van der Waals surface area contributed by atoms with Gasteiger partial charge in [-0.25, -0.2) is 4.98 Å². The number of nitrogens with zero attached hydrogens (tertiary/aromatic N) is 3. The molecule has 1 amide bonds. The molecule has 28 heavy (non-hydrogen) atoms. The zero-order chi connectivity index (χ0) is 20.1. The van der Waals surface area contributed by atoms with E-state index in [9.17, 15) is 9.59 Å². The molecule has 3 rings (SSSR count). The predicted octanol–water partition coefficient (Wildman–Crippen LogP) is 2.89. The topological polar surface area (TPSA) is 99.2 Å². The van der Waals surface area contributed by atoms with Crippen molar-refractivity contribution in [1.29, 1.82) is 0 Å². The van der Waals surface area contributed by atoms with Crippen LogP contribution in [0.15, 0.2) is 44.8 Å². The number of benzene rings is 1. The largest absolute Gasteiger partial charge is 0.383 e. The molecule has 3 aromatic rings. The lowest BCUT2D eigenvalue weighted by atomic mass is 10.1. The second-order valence-electron chi connectivity index (χ2n) is 6.47. The van der Waals surface area contributed by atoms with E-state index in [1.807, 2.05) is 19.9 Å². The summed E-state index contributed by atoms with van der Waals surface area (Å²) in [5.74, 6) is 0.325. The monoisotopic (exact) mass is 402 g/mol. The van der Waals surface area contributed by atoms with Gasteiger partial charge in [-0.05, 0) is 18.1 Å². The standard InChI is InChI=1S/C19H22N4O4S/c1-12(2)15-10-17(27-22-15)21-16(24)11-28-19-20-14-7-5-4-6-13(14)18(25)23(19)8-9-26-3/h4-7,10,12H,8-9,11H2,1-3H3,(H,21,24). The van der Waals surface area contributed by atoms with E-state index in [-0.39, 0.29) is 23.1 Å². The molecule has 0 aliphatic rings. The van der Waals surface area contributed by atoms with Gasteiger partial charge in [0, 0.05) is 13.2 Å². The van der Waals surface area contributed by atoms with Gasteiger partial charge in [-0.1, -0.05) is 42.9 Å². The van der Waals surface area contributed by atoms with Crippen LogP contribution in [0.3, 0.4) is 0 Å². The van der Waals surface area contributed by atoms with Crippen LogP contribution >= 0.6 is 11.8 Å². The Hall–Kier alpha value is -2.65. The molecule has 0 aliphatic heterocycles. The average molecular weight is 402 g/mol. The molecular formula is C19H22N4O4S. The van der Waals surface area contributed by atoms with E-state index >= 15 is 0 Å². The first-order valence-electron chi connectivity index (χ1n) is 8.87. The number of hydrogen-bond donors (Lipinski definition) is 1. The van der Waals surface area contributed by atoms with Gasteiger partial charge in [0.1, 0.15) is 0 Å². The molecule has 0 fully saturated rings. The van der Waals surface area contributed by atoms with Crippen LogP contribution in [0.1, 0.15) is 25.5 Å². The smallest absolute Gasteiger partial charge is 0.262 e. The molecule has 9 heteroatoms. The lowest BCUT2D eigenvalue weighted by molar-refractivity contribution is -0.113. The van der Waals surface area contributed by atoms with Gasteiger partial charge in [-0.3, -0.25) is 19.5 Å². The number of rotatable bonds is 8. The van der Waals surface area contributed by atoms with Gasteiger partial charge < -0.3 is 9.26 Å². The van der Waals surface area contributed by atoms with Crippen LogP contribution < -0.4 is 10.9 Å². The van der Waals surface area contributed by atoms with Gasteiger partial charge in [0.25, 0.3) is 5.56 Å². The van der Waals surface area contributed by atoms with Crippen molar-refractivity contribution in [2.75, 3.05) is 24.8 Å². The number of amides is 1. The molecule has 1 aromatic carbocycles. The van der Waals surface area contributed by atoms with E-state index in [1.165, 1.54) is 16.3 Å². The first-order chi connectivity index (χ1) is 13.5. The van der Waals surface area contributed by atoms with Crippen LogP contribution in [0.25, 0.3) is 10.9 Å². The van der Waals surface area contributed by atoms with Gasteiger partial charge >= 0.3 is 0 Å². The van der Waals surface area contributed by atoms with Gasteiger partial charge in [0.15, 0.2) is 5.16 Å². The van der Waals surface area contributed by atoms with Gasteiger partial charge in [-0.2, -0.15) is 0 Å². The molecule has 148 valence electrons. The van der Waals surface area contributed by atoms with Crippen molar-refractivity contribution in [1.82, 2.24) is 14.7 Å². The highest BCUT2D eigenvalue weighted by molar-refractivity contribution is 7.99. The zero-order valence-corrected chi connectivity index (χ0v) is 16.8. The number of fused-ring (bicyclic) bond motifs is 1. The number of anilines is 1. The van der Waals surface area contributed by atoms with Crippen LogP contribution in [0.4, 0.5) is 5.88 Å². The van der Waals surface area contributed by atoms with E-state index in [0.29, 0.717) is 35.1 Å². The van der Waals surface area contributed by atoms with Crippen LogP contribution in [-0.4, -0.2) is 40.1 Å². The molecule has 1 N–H and O–H groups in total. The zero-order valence-electron chi connectivity index (χ0n) is 16.0. The number of carbonyl (C=O) groups is 1. The molecule has 0 aliphatic carbocycles. The van der Waals surface area contributed by atoms with Crippen LogP contribution in [-0.2, 0) is 16.1 Å². The molecule has 0 bridgehead atoms. The predicted molar refractivity (Wildman–Crippen MR) is 108 cm³/mol. The molecule has 0 radical (unpaired) electrons. The number of thioether (sulfide) groups is 1. The number of nitrogens with one attached hydrogen (secondary N) is 1. The van der Waals surface area contributed by atoms with E-state index < -0.39 is 0 Å². The summed E-state index contributed by atoms with van der Waals surface area (Å²) in [6.45, 7) is 4.71. The van der Waals surface area contributed by atoms with Crippen molar-refractivity contribution in [2.45, 2.75) is 31.5 Å². The fourth-order valence-corrected chi connectivity index (χ4v) is 3.39. The minimum Gasteiger partial charge on any atom is -0.383 e. The van der Waals surface area contributed by atoms with Crippen molar-refractivity contribution in [2.24, 2.45) is 0 Å². The van der Waals surface area contributed by atoms with Crippen LogP contribution in [0.5, 0.6) is 0 Å². The van der Waals surface area contributed by atoms with Gasteiger partial charge in [-0.15, -0.1) is 0 Å². The quantitative estimate of drug-likeness (QED) is 0.457. The summed E-state index contributed by atoms with van der Waals surface area (Å²) in [6, 6.07) is 8.85. The Morgan fingerprint density at radius 3 is 2.86 bits per heavy atom. The lowest BCUT2D eigenvalue weighted by Gasteiger charge is -2.12.